The van der Waals surface area contributed by atoms with Crippen molar-refractivity contribution < 1.29 is 43.4 Å². The highest BCUT2D eigenvalue weighted by Gasteiger charge is 2.58. The van der Waals surface area contributed by atoms with Crippen molar-refractivity contribution in [3.05, 3.63) is 47.2 Å². The molecule has 170 valence electrons. The van der Waals surface area contributed by atoms with Crippen molar-refractivity contribution in [2.75, 3.05) is 19.5 Å². The third-order valence-corrected chi connectivity index (χ3v) is 6.18. The molecule has 2 aliphatic heterocycles. The van der Waals surface area contributed by atoms with E-state index in [2.05, 4.69) is 0 Å². The highest BCUT2D eigenvalue weighted by Crippen LogP contribution is 2.43. The first-order chi connectivity index (χ1) is 15.3. The Morgan fingerprint density at radius 1 is 1.31 bits per heavy atom. The number of thioether (sulfide) groups is 1. The molecule has 11 nitrogen and oxygen atoms in total. The third kappa shape index (κ3) is 4.32. The van der Waals surface area contributed by atoms with Crippen LogP contribution in [0, 0.1) is 0 Å². The van der Waals surface area contributed by atoms with Crippen LogP contribution in [-0.4, -0.2) is 76.2 Å². The molecule has 32 heavy (non-hydrogen) atoms. The van der Waals surface area contributed by atoms with Gasteiger partial charge in [-0.1, -0.05) is 30.3 Å². The Morgan fingerprint density at radius 2 is 2.00 bits per heavy atom. The molecule has 1 aromatic rings. The number of carboxylic acids is 1. The Hall–Kier alpha value is -3.38. The summed E-state index contributed by atoms with van der Waals surface area (Å²) in [6, 6.07) is 7.06. The topological polar surface area (TPSA) is 140 Å². The van der Waals surface area contributed by atoms with Gasteiger partial charge in [0.25, 0.3) is 18.3 Å². The predicted octanol–water partition coefficient (Wildman–Crippen LogP) is 0.476. The van der Waals surface area contributed by atoms with Gasteiger partial charge >= 0.3 is 11.9 Å². The van der Waals surface area contributed by atoms with Crippen LogP contribution in [0.5, 0.6) is 0 Å². The number of ether oxygens (including phenoxy) is 2. The number of benzene rings is 1. The number of esters is 1. The van der Waals surface area contributed by atoms with Crippen molar-refractivity contribution >= 4 is 42.0 Å². The summed E-state index contributed by atoms with van der Waals surface area (Å²) >= 11 is 1.20. The molecule has 0 aromatic heterocycles. The number of hydrogen-bond acceptors (Lipinski definition) is 9. The normalized spacial score (nSPS) is 20.6. The minimum atomic E-state index is -1.36. The number of carbonyl (C=O) groups is 5. The van der Waals surface area contributed by atoms with Crippen molar-refractivity contribution in [3.8, 4) is 0 Å². The van der Waals surface area contributed by atoms with E-state index in [-0.39, 0.29) is 30.1 Å². The maximum absolute atomic E-state index is 13.1. The molecule has 0 saturated carbocycles. The number of aliphatic carboxylic acids is 1. The molecule has 1 fully saturated rings. The highest BCUT2D eigenvalue weighted by atomic mass is 32.2. The van der Waals surface area contributed by atoms with Gasteiger partial charge in [0.05, 0.1) is 7.11 Å². The van der Waals surface area contributed by atoms with E-state index >= 15 is 0 Å². The fraction of sp³-hybridized carbons (Fsp3) is 0.350. The molecule has 0 aliphatic carbocycles. The van der Waals surface area contributed by atoms with Gasteiger partial charge in [-0.15, -0.1) is 11.8 Å². The SMILES string of the molecule is CON(C(=O)C(OC=O)c1ccccc1)C1C(=O)N2C(C(=O)O)=C(COC(C)=O)CS[C@@H]12. The van der Waals surface area contributed by atoms with Crippen LogP contribution in [0.2, 0.25) is 0 Å². The predicted molar refractivity (Wildman–Crippen MR) is 108 cm³/mol. The maximum atomic E-state index is 13.1. The smallest absolute Gasteiger partial charge is 0.352 e. The summed E-state index contributed by atoms with van der Waals surface area (Å²) in [6.45, 7) is 1.05. The van der Waals surface area contributed by atoms with Crippen LogP contribution in [0.4, 0.5) is 0 Å². The third-order valence-electron chi connectivity index (χ3n) is 4.86. The lowest BCUT2D eigenvalue weighted by Crippen LogP contribution is -2.71. The number of amides is 2. The number of hydrogen-bond donors (Lipinski definition) is 1. The van der Waals surface area contributed by atoms with Crippen molar-refractivity contribution in [1.29, 1.82) is 0 Å². The summed E-state index contributed by atoms with van der Waals surface area (Å²) in [7, 11) is 1.18. The van der Waals surface area contributed by atoms with Gasteiger partial charge in [0.15, 0.2) is 6.04 Å². The zero-order valence-corrected chi connectivity index (χ0v) is 17.9. The van der Waals surface area contributed by atoms with Crippen molar-refractivity contribution in [1.82, 2.24) is 9.96 Å². The van der Waals surface area contributed by atoms with Crippen LogP contribution in [0.15, 0.2) is 41.6 Å². The van der Waals surface area contributed by atoms with Crippen molar-refractivity contribution in [2.45, 2.75) is 24.4 Å². The molecule has 0 spiro atoms. The summed E-state index contributed by atoms with van der Waals surface area (Å²) in [4.78, 5) is 66.2. The van der Waals surface area contributed by atoms with E-state index in [0.29, 0.717) is 5.56 Å². The molecular formula is C20H20N2O9S. The fourth-order valence-corrected chi connectivity index (χ4v) is 4.82. The van der Waals surface area contributed by atoms with E-state index in [9.17, 15) is 29.1 Å². The van der Waals surface area contributed by atoms with E-state index in [0.717, 1.165) is 9.96 Å². The lowest BCUT2D eigenvalue weighted by Gasteiger charge is -2.51. The summed E-state index contributed by atoms with van der Waals surface area (Å²) in [5, 5.41) is 9.70. The Kier molecular flexibility index (Phi) is 7.15. The van der Waals surface area contributed by atoms with E-state index in [1.54, 1.807) is 30.3 Å². The van der Waals surface area contributed by atoms with Crippen LogP contribution < -0.4 is 0 Å². The Morgan fingerprint density at radius 3 is 2.56 bits per heavy atom. The van der Waals surface area contributed by atoms with Crippen LogP contribution in [-0.2, 0) is 38.3 Å². The lowest BCUT2D eigenvalue weighted by molar-refractivity contribution is -0.215. The van der Waals surface area contributed by atoms with Gasteiger partial charge in [-0.05, 0) is 0 Å². The molecule has 1 aromatic carbocycles. The molecule has 0 radical (unpaired) electrons. The monoisotopic (exact) mass is 464 g/mol. The second kappa shape index (κ2) is 9.83. The van der Waals surface area contributed by atoms with Crippen molar-refractivity contribution in [2.24, 2.45) is 0 Å². The Bertz CT molecular complexity index is 965. The largest absolute Gasteiger partial charge is 0.477 e. The van der Waals surface area contributed by atoms with E-state index in [1.807, 2.05) is 0 Å². The summed E-state index contributed by atoms with van der Waals surface area (Å²) in [6.07, 6.45) is -1.35. The van der Waals surface area contributed by atoms with Gasteiger partial charge in [0.2, 0.25) is 6.10 Å². The minimum absolute atomic E-state index is 0.125. The molecular weight excluding hydrogens is 444 g/mol. The molecule has 2 heterocycles. The molecule has 2 amide bonds. The molecule has 2 aliphatic rings. The molecule has 0 bridgehead atoms. The number of β-lactam (4-membered cyclic amide) rings is 1. The van der Waals surface area contributed by atoms with Crippen LogP contribution in [0.1, 0.15) is 18.6 Å². The summed E-state index contributed by atoms with van der Waals surface area (Å²) in [5.74, 6) is -3.26. The number of fused-ring (bicyclic) bond motifs is 1. The van der Waals surface area contributed by atoms with Crippen molar-refractivity contribution in [3.63, 3.8) is 0 Å². The first-order valence-electron chi connectivity index (χ1n) is 9.36. The summed E-state index contributed by atoms with van der Waals surface area (Å²) < 4.78 is 9.85. The van der Waals surface area contributed by atoms with Gasteiger partial charge in [-0.2, -0.15) is 0 Å². The number of carbonyl (C=O) groups excluding carboxylic acids is 4. The number of nitrogens with zero attached hydrogens (tertiary/aromatic N) is 2. The lowest BCUT2D eigenvalue weighted by atomic mass is 10.0. The second-order valence-corrected chi connectivity index (χ2v) is 7.87. The Balaban J connectivity index is 1.86. The molecule has 1 saturated heterocycles. The van der Waals surface area contributed by atoms with Crippen LogP contribution in [0.3, 0.4) is 0 Å². The standard InChI is InChI=1S/C20H20N2O9S/c1-11(24)30-8-13-9-32-19-15(17(25)21(19)14(13)20(27)28)22(29-2)18(26)16(31-10-23)12-6-4-3-5-7-12/h3-7,10,15-16,19H,8-9H2,1-2H3,(H,27,28)/t15?,16?,19-/m0/s1. The van der Waals surface area contributed by atoms with Gasteiger partial charge in [0.1, 0.15) is 17.7 Å². The molecule has 1 N–H and O–H groups in total. The zero-order valence-electron chi connectivity index (χ0n) is 17.1. The summed E-state index contributed by atoms with van der Waals surface area (Å²) in [5.41, 5.74) is 0.354. The van der Waals surface area contributed by atoms with Crippen LogP contribution in [0.25, 0.3) is 0 Å². The van der Waals surface area contributed by atoms with E-state index in [4.69, 9.17) is 14.3 Å². The average Bonchev–Trinajstić information content (AvgIpc) is 2.78. The quantitative estimate of drug-likeness (QED) is 0.237. The molecule has 12 heteroatoms. The van der Waals surface area contributed by atoms with Gasteiger partial charge < -0.3 is 14.6 Å². The van der Waals surface area contributed by atoms with Crippen LogP contribution >= 0.6 is 11.8 Å². The maximum Gasteiger partial charge on any atom is 0.352 e. The second-order valence-electron chi connectivity index (χ2n) is 6.76. The highest BCUT2D eigenvalue weighted by molar-refractivity contribution is 8.00. The first-order valence-corrected chi connectivity index (χ1v) is 10.4. The minimum Gasteiger partial charge on any atom is -0.477 e. The number of carboxylic acid groups (broad SMARTS) is 1. The molecule has 3 atom stereocenters. The average molecular weight is 464 g/mol. The molecule has 2 unspecified atom stereocenters. The van der Waals surface area contributed by atoms with Gasteiger partial charge in [-0.3, -0.25) is 28.9 Å². The van der Waals surface area contributed by atoms with Gasteiger partial charge in [0, 0.05) is 23.8 Å². The Labute approximate surface area is 186 Å². The van der Waals surface area contributed by atoms with Gasteiger partial charge in [-0.25, -0.2) is 9.86 Å². The first kappa shape index (κ1) is 23.3. The molecule has 3 rings (SSSR count). The van der Waals surface area contributed by atoms with E-state index in [1.165, 1.54) is 25.8 Å². The zero-order chi connectivity index (χ0) is 23.4. The van der Waals surface area contributed by atoms with E-state index < -0.39 is 41.3 Å². The number of hydroxylamine groups is 2. The fourth-order valence-electron chi connectivity index (χ4n) is 3.46. The number of rotatable bonds is 9.